The van der Waals surface area contributed by atoms with Crippen molar-refractivity contribution in [2.75, 3.05) is 0 Å². The van der Waals surface area contributed by atoms with Crippen molar-refractivity contribution in [1.82, 2.24) is 0 Å². The minimum Gasteiger partial charge on any atom is -0.0808 e. The number of allylic oxidation sites excluding steroid dienone is 4. The third kappa shape index (κ3) is 2.05. The molecule has 18 heavy (non-hydrogen) atoms. The van der Waals surface area contributed by atoms with Crippen molar-refractivity contribution < 1.29 is 0 Å². The van der Waals surface area contributed by atoms with Crippen LogP contribution in [0.15, 0.2) is 48.6 Å². The molecule has 0 bridgehead atoms. The first kappa shape index (κ1) is 11.8. The second kappa shape index (κ2) is 4.76. The van der Waals surface area contributed by atoms with E-state index in [2.05, 4.69) is 62.4 Å². The van der Waals surface area contributed by atoms with Gasteiger partial charge in [0.2, 0.25) is 0 Å². The molecule has 3 atom stereocenters. The van der Waals surface area contributed by atoms with Crippen molar-refractivity contribution in [3.05, 3.63) is 54.1 Å². The first-order valence-electron chi connectivity index (χ1n) is 7.19. The molecule has 0 radical (unpaired) electrons. The highest BCUT2D eigenvalue weighted by Crippen LogP contribution is 2.48. The number of hydrogen-bond donors (Lipinski definition) is 0. The summed E-state index contributed by atoms with van der Waals surface area (Å²) in [5, 5.41) is 0. The lowest BCUT2D eigenvalue weighted by Crippen LogP contribution is -2.10. The Hall–Kier alpha value is -1.30. The molecule has 0 spiro atoms. The summed E-state index contributed by atoms with van der Waals surface area (Å²) in [5.41, 5.74) is 2.98. The van der Waals surface area contributed by atoms with E-state index in [1.54, 1.807) is 5.57 Å². The molecule has 0 heteroatoms. The van der Waals surface area contributed by atoms with Crippen LogP contribution in [0.1, 0.15) is 32.3 Å². The fourth-order valence-corrected chi connectivity index (χ4v) is 3.59. The van der Waals surface area contributed by atoms with Crippen molar-refractivity contribution in [2.24, 2.45) is 23.7 Å². The maximum Gasteiger partial charge on any atom is -0.00901 e. The summed E-state index contributed by atoms with van der Waals surface area (Å²) < 4.78 is 0. The van der Waals surface area contributed by atoms with Gasteiger partial charge in [-0.05, 0) is 47.6 Å². The van der Waals surface area contributed by atoms with Crippen molar-refractivity contribution in [2.45, 2.75) is 26.7 Å². The topological polar surface area (TPSA) is 0 Å². The van der Waals surface area contributed by atoms with Crippen LogP contribution in [-0.2, 0) is 0 Å². The van der Waals surface area contributed by atoms with E-state index in [1.165, 1.54) is 18.4 Å². The van der Waals surface area contributed by atoms with E-state index >= 15 is 0 Å². The molecule has 3 rings (SSSR count). The number of benzene rings is 1. The summed E-state index contributed by atoms with van der Waals surface area (Å²) >= 11 is 0. The zero-order valence-electron chi connectivity index (χ0n) is 11.3. The van der Waals surface area contributed by atoms with Crippen LogP contribution in [0.25, 0.3) is 5.57 Å². The van der Waals surface area contributed by atoms with Gasteiger partial charge in [-0.3, -0.25) is 0 Å². The van der Waals surface area contributed by atoms with E-state index in [9.17, 15) is 0 Å². The van der Waals surface area contributed by atoms with Gasteiger partial charge in [-0.25, -0.2) is 0 Å². The summed E-state index contributed by atoms with van der Waals surface area (Å²) in [7, 11) is 0. The Bertz CT molecular complexity index is 464. The van der Waals surface area contributed by atoms with E-state index < -0.39 is 0 Å². The summed E-state index contributed by atoms with van der Waals surface area (Å²) in [4.78, 5) is 0. The molecule has 0 heterocycles. The third-order valence-corrected chi connectivity index (χ3v) is 4.73. The molecule has 0 nitrogen and oxygen atoms in total. The largest absolute Gasteiger partial charge is 0.0808 e. The predicted octanol–water partition coefficient (Wildman–Crippen LogP) is 4.94. The molecule has 2 aliphatic carbocycles. The van der Waals surface area contributed by atoms with Gasteiger partial charge in [0.15, 0.2) is 0 Å². The van der Waals surface area contributed by atoms with Crippen LogP contribution in [0.4, 0.5) is 0 Å². The lowest BCUT2D eigenvalue weighted by atomic mass is 9.81. The highest BCUT2D eigenvalue weighted by atomic mass is 14.4. The monoisotopic (exact) mass is 238 g/mol. The summed E-state index contributed by atoms with van der Waals surface area (Å²) in [6, 6.07) is 10.9. The first-order chi connectivity index (χ1) is 8.75. The van der Waals surface area contributed by atoms with Gasteiger partial charge in [-0.15, -0.1) is 0 Å². The molecule has 0 aliphatic heterocycles. The molecule has 3 unspecified atom stereocenters. The average molecular weight is 238 g/mol. The molecule has 0 aromatic heterocycles. The Balaban J connectivity index is 1.89. The van der Waals surface area contributed by atoms with E-state index in [-0.39, 0.29) is 0 Å². The molecule has 1 saturated carbocycles. The third-order valence-electron chi connectivity index (χ3n) is 4.73. The SMILES string of the molecule is CC(C)C1CC2C=CC=C(c3ccccc3)C2C1. The molecule has 1 aromatic rings. The maximum atomic E-state index is 2.43. The Morgan fingerprint density at radius 2 is 1.83 bits per heavy atom. The number of rotatable bonds is 2. The molecular formula is C18H22. The zero-order valence-corrected chi connectivity index (χ0v) is 11.3. The number of fused-ring (bicyclic) bond motifs is 1. The maximum absolute atomic E-state index is 2.43. The van der Waals surface area contributed by atoms with Crippen molar-refractivity contribution in [3.63, 3.8) is 0 Å². The summed E-state index contributed by atoms with van der Waals surface area (Å²) in [6.45, 7) is 4.75. The fourth-order valence-electron chi connectivity index (χ4n) is 3.59. The Kier molecular flexibility index (Phi) is 3.11. The average Bonchev–Trinajstić information content (AvgIpc) is 2.83. The number of hydrogen-bond acceptors (Lipinski definition) is 0. The molecule has 94 valence electrons. The molecule has 0 N–H and O–H groups in total. The molecule has 0 saturated heterocycles. The molecule has 0 amide bonds. The van der Waals surface area contributed by atoms with Gasteiger partial charge in [-0.1, -0.05) is 62.4 Å². The minimum atomic E-state index is 0.754. The van der Waals surface area contributed by atoms with Crippen LogP contribution in [0.5, 0.6) is 0 Å². The van der Waals surface area contributed by atoms with Gasteiger partial charge >= 0.3 is 0 Å². The Labute approximate surface area is 110 Å². The van der Waals surface area contributed by atoms with Gasteiger partial charge in [0.25, 0.3) is 0 Å². The van der Waals surface area contributed by atoms with Gasteiger partial charge < -0.3 is 0 Å². The quantitative estimate of drug-likeness (QED) is 0.684. The van der Waals surface area contributed by atoms with Crippen LogP contribution in [0, 0.1) is 23.7 Å². The van der Waals surface area contributed by atoms with E-state index in [4.69, 9.17) is 0 Å². The second-order valence-corrected chi connectivity index (χ2v) is 6.12. The zero-order chi connectivity index (χ0) is 12.5. The lowest BCUT2D eigenvalue weighted by molar-refractivity contribution is 0.386. The van der Waals surface area contributed by atoms with Crippen LogP contribution in [0.3, 0.4) is 0 Å². The van der Waals surface area contributed by atoms with Crippen LogP contribution in [0.2, 0.25) is 0 Å². The predicted molar refractivity (Wildman–Crippen MR) is 78.1 cm³/mol. The Morgan fingerprint density at radius 3 is 2.56 bits per heavy atom. The first-order valence-corrected chi connectivity index (χ1v) is 7.19. The highest BCUT2D eigenvalue weighted by molar-refractivity contribution is 5.70. The highest BCUT2D eigenvalue weighted by Gasteiger charge is 2.37. The molecule has 1 fully saturated rings. The minimum absolute atomic E-state index is 0.754. The van der Waals surface area contributed by atoms with E-state index in [0.717, 1.165) is 23.7 Å². The van der Waals surface area contributed by atoms with Gasteiger partial charge in [-0.2, -0.15) is 0 Å². The standard InChI is InChI=1S/C18H22/c1-13(2)16-11-15-9-6-10-17(18(15)12-16)14-7-4-3-5-8-14/h3-10,13,15-16,18H,11-12H2,1-2H3. The van der Waals surface area contributed by atoms with Gasteiger partial charge in [0.05, 0.1) is 0 Å². The lowest BCUT2D eigenvalue weighted by Gasteiger charge is -2.23. The normalized spacial score (nSPS) is 30.4. The second-order valence-electron chi connectivity index (χ2n) is 6.12. The molecular weight excluding hydrogens is 216 g/mol. The van der Waals surface area contributed by atoms with Gasteiger partial charge in [0, 0.05) is 0 Å². The fraction of sp³-hybridized carbons (Fsp3) is 0.444. The van der Waals surface area contributed by atoms with Crippen LogP contribution in [-0.4, -0.2) is 0 Å². The van der Waals surface area contributed by atoms with Gasteiger partial charge in [0.1, 0.15) is 0 Å². The smallest absolute Gasteiger partial charge is 0.00901 e. The van der Waals surface area contributed by atoms with Crippen LogP contribution >= 0.6 is 0 Å². The summed E-state index contributed by atoms with van der Waals surface area (Å²) in [5.74, 6) is 3.25. The van der Waals surface area contributed by atoms with Crippen molar-refractivity contribution in [3.8, 4) is 0 Å². The summed E-state index contributed by atoms with van der Waals surface area (Å²) in [6.07, 6.45) is 9.78. The van der Waals surface area contributed by atoms with Crippen LogP contribution < -0.4 is 0 Å². The van der Waals surface area contributed by atoms with E-state index in [0.29, 0.717) is 0 Å². The Morgan fingerprint density at radius 1 is 1.06 bits per heavy atom. The molecule has 1 aromatic carbocycles. The van der Waals surface area contributed by atoms with Crippen molar-refractivity contribution >= 4 is 5.57 Å². The van der Waals surface area contributed by atoms with E-state index in [1.807, 2.05) is 0 Å². The molecule has 2 aliphatic rings. The van der Waals surface area contributed by atoms with Crippen molar-refractivity contribution in [1.29, 1.82) is 0 Å².